The van der Waals surface area contributed by atoms with Gasteiger partial charge in [-0.3, -0.25) is 14.9 Å². The van der Waals surface area contributed by atoms with Crippen molar-refractivity contribution in [1.29, 1.82) is 0 Å². The van der Waals surface area contributed by atoms with Crippen LogP contribution in [0.1, 0.15) is 17.5 Å². The minimum absolute atomic E-state index is 0. The highest BCUT2D eigenvalue weighted by molar-refractivity contribution is 5.85. The summed E-state index contributed by atoms with van der Waals surface area (Å²) in [7, 11) is 0. The minimum Gasteiger partial charge on any atom is -0.314 e. The molecule has 0 spiro atoms. The standard InChI is InChI=1S/C19H27N5.ClH/c1-15-2-4-16(5-3-15)19-17(12-21-22-19)13-23-9-6-18(14-23)24-10-7-20-8-11-24;/h2-5,12,18,20H,6-11,13-14H2,1H3,(H,21,22);1H. The summed E-state index contributed by atoms with van der Waals surface area (Å²) >= 11 is 0. The van der Waals surface area contributed by atoms with Gasteiger partial charge < -0.3 is 5.32 Å². The van der Waals surface area contributed by atoms with Gasteiger partial charge in [-0.05, 0) is 18.9 Å². The molecule has 0 bridgehead atoms. The van der Waals surface area contributed by atoms with Crippen LogP contribution in [0.3, 0.4) is 0 Å². The average Bonchev–Trinajstić information content (AvgIpc) is 3.27. The fourth-order valence-electron chi connectivity index (χ4n) is 3.94. The fraction of sp³-hybridized carbons (Fsp3) is 0.526. The molecule has 25 heavy (non-hydrogen) atoms. The highest BCUT2D eigenvalue weighted by Crippen LogP contribution is 2.25. The van der Waals surface area contributed by atoms with E-state index in [1.165, 1.54) is 55.0 Å². The number of hydrogen-bond acceptors (Lipinski definition) is 4. The van der Waals surface area contributed by atoms with Crippen molar-refractivity contribution in [3.05, 3.63) is 41.6 Å². The Kier molecular flexibility index (Phi) is 6.12. The number of halogens is 1. The Labute approximate surface area is 156 Å². The zero-order chi connectivity index (χ0) is 16.4. The lowest BCUT2D eigenvalue weighted by Gasteiger charge is -2.32. The van der Waals surface area contributed by atoms with Gasteiger partial charge in [-0.15, -0.1) is 12.4 Å². The summed E-state index contributed by atoms with van der Waals surface area (Å²) in [5, 5.41) is 10.9. The first kappa shape index (κ1) is 18.4. The number of hydrogen-bond donors (Lipinski definition) is 2. The summed E-state index contributed by atoms with van der Waals surface area (Å²) in [5.41, 5.74) is 4.99. The van der Waals surface area contributed by atoms with Crippen LogP contribution < -0.4 is 5.32 Å². The predicted octanol–water partition coefficient (Wildman–Crippen LogP) is 2.29. The van der Waals surface area contributed by atoms with Crippen molar-refractivity contribution in [1.82, 2.24) is 25.3 Å². The summed E-state index contributed by atoms with van der Waals surface area (Å²) in [4.78, 5) is 5.24. The van der Waals surface area contributed by atoms with Crippen LogP contribution in [0, 0.1) is 6.92 Å². The lowest BCUT2D eigenvalue weighted by atomic mass is 10.1. The maximum absolute atomic E-state index is 4.30. The number of benzene rings is 1. The molecular weight excluding hydrogens is 334 g/mol. The van der Waals surface area contributed by atoms with E-state index < -0.39 is 0 Å². The third-order valence-electron chi connectivity index (χ3n) is 5.37. The number of aromatic nitrogens is 2. The Morgan fingerprint density at radius 1 is 1.12 bits per heavy atom. The summed E-state index contributed by atoms with van der Waals surface area (Å²) < 4.78 is 0. The van der Waals surface area contributed by atoms with E-state index in [1.54, 1.807) is 0 Å². The van der Waals surface area contributed by atoms with Gasteiger partial charge in [0, 0.05) is 57.4 Å². The summed E-state index contributed by atoms with van der Waals surface area (Å²) in [5.74, 6) is 0. The van der Waals surface area contributed by atoms with Gasteiger partial charge in [0.1, 0.15) is 0 Å². The number of aromatic amines is 1. The first-order valence-electron chi connectivity index (χ1n) is 9.06. The van der Waals surface area contributed by atoms with Gasteiger partial charge in [0.05, 0.1) is 11.9 Å². The van der Waals surface area contributed by atoms with Gasteiger partial charge >= 0.3 is 0 Å². The molecule has 2 aromatic rings. The number of likely N-dealkylation sites (tertiary alicyclic amines) is 1. The zero-order valence-electron chi connectivity index (χ0n) is 14.9. The SMILES string of the molecule is Cc1ccc(-c2[nH]ncc2CN2CCC(N3CCNCC3)C2)cc1.Cl. The number of H-pyrrole nitrogens is 1. The van der Waals surface area contributed by atoms with E-state index in [4.69, 9.17) is 0 Å². The second kappa shape index (κ2) is 8.32. The largest absolute Gasteiger partial charge is 0.314 e. The summed E-state index contributed by atoms with van der Waals surface area (Å²) in [6.07, 6.45) is 3.28. The maximum atomic E-state index is 4.30. The Hall–Kier alpha value is -1.40. The van der Waals surface area contributed by atoms with E-state index in [0.717, 1.165) is 25.7 Å². The smallest absolute Gasteiger partial charge is 0.0695 e. The van der Waals surface area contributed by atoms with Gasteiger partial charge in [0.15, 0.2) is 0 Å². The minimum atomic E-state index is 0. The van der Waals surface area contributed by atoms with Crippen LogP contribution >= 0.6 is 12.4 Å². The molecule has 0 amide bonds. The third-order valence-corrected chi connectivity index (χ3v) is 5.37. The molecule has 1 unspecified atom stereocenters. The first-order valence-corrected chi connectivity index (χ1v) is 9.06. The van der Waals surface area contributed by atoms with Crippen LogP contribution in [0.4, 0.5) is 0 Å². The molecule has 2 aliphatic rings. The van der Waals surface area contributed by atoms with E-state index in [0.29, 0.717) is 0 Å². The third kappa shape index (κ3) is 4.23. The van der Waals surface area contributed by atoms with Crippen LogP contribution in [0.2, 0.25) is 0 Å². The quantitative estimate of drug-likeness (QED) is 0.877. The van der Waals surface area contributed by atoms with Crippen molar-refractivity contribution in [2.45, 2.75) is 25.9 Å². The molecular formula is C19H28ClN5. The molecule has 0 aliphatic carbocycles. The van der Waals surface area contributed by atoms with Crippen LogP contribution in [0.5, 0.6) is 0 Å². The average molecular weight is 362 g/mol. The topological polar surface area (TPSA) is 47.2 Å². The van der Waals surface area contributed by atoms with E-state index in [9.17, 15) is 0 Å². The molecule has 6 heteroatoms. The van der Waals surface area contributed by atoms with Gasteiger partial charge in [-0.25, -0.2) is 0 Å². The Morgan fingerprint density at radius 2 is 1.88 bits per heavy atom. The molecule has 2 aliphatic heterocycles. The normalized spacial score (nSPS) is 22.0. The van der Waals surface area contributed by atoms with Crippen molar-refractivity contribution < 1.29 is 0 Å². The molecule has 2 fully saturated rings. The number of rotatable bonds is 4. The molecule has 1 aromatic carbocycles. The van der Waals surface area contributed by atoms with Gasteiger partial charge in [0.2, 0.25) is 0 Å². The second-order valence-corrected chi connectivity index (χ2v) is 7.10. The highest BCUT2D eigenvalue weighted by Gasteiger charge is 2.28. The van der Waals surface area contributed by atoms with Crippen molar-refractivity contribution in [3.63, 3.8) is 0 Å². The van der Waals surface area contributed by atoms with E-state index in [1.807, 2.05) is 6.20 Å². The van der Waals surface area contributed by atoms with Gasteiger partial charge in [-0.1, -0.05) is 29.8 Å². The van der Waals surface area contributed by atoms with E-state index in [2.05, 4.69) is 56.5 Å². The molecule has 136 valence electrons. The van der Waals surface area contributed by atoms with E-state index >= 15 is 0 Å². The molecule has 4 rings (SSSR count). The highest BCUT2D eigenvalue weighted by atomic mass is 35.5. The lowest BCUT2D eigenvalue weighted by Crippen LogP contribution is -2.49. The van der Waals surface area contributed by atoms with Crippen molar-refractivity contribution in [2.75, 3.05) is 39.3 Å². The van der Waals surface area contributed by atoms with Crippen LogP contribution in [0.15, 0.2) is 30.5 Å². The first-order chi connectivity index (χ1) is 11.8. The van der Waals surface area contributed by atoms with Crippen LogP contribution in [-0.4, -0.2) is 65.3 Å². The molecule has 0 radical (unpaired) electrons. The Bertz CT molecular complexity index is 663. The maximum Gasteiger partial charge on any atom is 0.0695 e. The van der Waals surface area contributed by atoms with Crippen molar-refractivity contribution in [3.8, 4) is 11.3 Å². The Morgan fingerprint density at radius 3 is 2.64 bits per heavy atom. The predicted molar refractivity (Wildman–Crippen MR) is 104 cm³/mol. The molecule has 2 N–H and O–H groups in total. The second-order valence-electron chi connectivity index (χ2n) is 7.10. The van der Waals surface area contributed by atoms with Gasteiger partial charge in [0.25, 0.3) is 0 Å². The van der Waals surface area contributed by atoms with Gasteiger partial charge in [-0.2, -0.15) is 5.10 Å². The van der Waals surface area contributed by atoms with Crippen LogP contribution in [-0.2, 0) is 6.54 Å². The molecule has 3 heterocycles. The van der Waals surface area contributed by atoms with Crippen LogP contribution in [0.25, 0.3) is 11.3 Å². The molecule has 2 saturated heterocycles. The zero-order valence-corrected chi connectivity index (χ0v) is 15.7. The summed E-state index contributed by atoms with van der Waals surface area (Å²) in [6, 6.07) is 9.41. The summed E-state index contributed by atoms with van der Waals surface area (Å²) in [6.45, 7) is 10.1. The lowest BCUT2D eigenvalue weighted by molar-refractivity contribution is 0.170. The number of piperazine rings is 1. The fourth-order valence-corrected chi connectivity index (χ4v) is 3.94. The molecule has 1 atom stereocenters. The Balaban J connectivity index is 0.00000182. The van der Waals surface area contributed by atoms with E-state index in [-0.39, 0.29) is 12.4 Å². The van der Waals surface area contributed by atoms with Crippen molar-refractivity contribution >= 4 is 12.4 Å². The number of nitrogens with one attached hydrogen (secondary N) is 2. The monoisotopic (exact) mass is 361 g/mol. The molecule has 1 aromatic heterocycles. The molecule has 5 nitrogen and oxygen atoms in total. The number of nitrogens with zero attached hydrogens (tertiary/aromatic N) is 3. The molecule has 0 saturated carbocycles. The number of aryl methyl sites for hydroxylation is 1. The van der Waals surface area contributed by atoms with Crippen molar-refractivity contribution in [2.24, 2.45) is 0 Å².